The van der Waals surface area contributed by atoms with Gasteiger partial charge in [0.25, 0.3) is 0 Å². The average Bonchev–Trinajstić information content (AvgIpc) is 2.19. The number of hydrogen-bond donors (Lipinski definition) is 2. The maximum Gasteiger partial charge on any atom is 0.116 e. The first-order valence-corrected chi connectivity index (χ1v) is 3.31. The number of hydrogen-bond acceptors (Lipinski definition) is 2. The molecule has 0 aromatic rings. The Morgan fingerprint density at radius 2 is 2.50 bits per heavy atom. The molecule has 0 aliphatic heterocycles. The molecule has 1 aliphatic rings. The second-order valence-corrected chi connectivity index (χ2v) is 2.75. The van der Waals surface area contributed by atoms with Crippen LogP contribution in [-0.4, -0.2) is 21.9 Å². The summed E-state index contributed by atoms with van der Waals surface area (Å²) in [4.78, 5) is 0. The van der Waals surface area contributed by atoms with Crippen LogP contribution in [0.25, 0.3) is 0 Å². The van der Waals surface area contributed by atoms with Gasteiger partial charge in [0.05, 0.1) is 0 Å². The van der Waals surface area contributed by atoms with Crippen LogP contribution in [0.4, 0.5) is 0 Å². The Hall–Kier alpha value is -0.600. The van der Waals surface area contributed by atoms with Gasteiger partial charge in [-0.1, -0.05) is 12.2 Å². The second kappa shape index (κ2) is 2.22. The van der Waals surface area contributed by atoms with Crippen molar-refractivity contribution in [3.05, 3.63) is 24.3 Å². The topological polar surface area (TPSA) is 40.5 Å². The lowest BCUT2D eigenvalue weighted by Gasteiger charge is -2.23. The monoisotopic (exact) mass is 140 g/mol. The summed E-state index contributed by atoms with van der Waals surface area (Å²) < 4.78 is 0. The quantitative estimate of drug-likeness (QED) is 0.524. The maximum absolute atomic E-state index is 9.52. The van der Waals surface area contributed by atoms with Gasteiger partial charge in [-0.3, -0.25) is 0 Å². The molecule has 0 aromatic heterocycles. The molecular formula is C8H12O2. The predicted octanol–water partition coefficient (Wildman–Crippen LogP) is 0.614. The van der Waals surface area contributed by atoms with Crippen LogP contribution < -0.4 is 0 Å². The Morgan fingerprint density at radius 1 is 1.90 bits per heavy atom. The standard InChI is InChI=1S/C8H12O2/c1-3-8(10)5-4-6(2)7(8)9/h3-4,7,9-10H,1,5H2,2H3/t7-,8+/m1/s1. The van der Waals surface area contributed by atoms with Gasteiger partial charge in [0.1, 0.15) is 11.7 Å². The van der Waals surface area contributed by atoms with Crippen molar-refractivity contribution in [2.45, 2.75) is 25.0 Å². The minimum Gasteiger partial charge on any atom is -0.385 e. The van der Waals surface area contributed by atoms with Gasteiger partial charge in [0.2, 0.25) is 0 Å². The smallest absolute Gasteiger partial charge is 0.116 e. The van der Waals surface area contributed by atoms with E-state index >= 15 is 0 Å². The Morgan fingerprint density at radius 3 is 2.70 bits per heavy atom. The molecule has 0 spiro atoms. The fourth-order valence-electron chi connectivity index (χ4n) is 1.14. The van der Waals surface area contributed by atoms with Crippen molar-refractivity contribution in [1.82, 2.24) is 0 Å². The summed E-state index contributed by atoms with van der Waals surface area (Å²) in [5.41, 5.74) is -0.285. The molecule has 0 saturated carbocycles. The van der Waals surface area contributed by atoms with Gasteiger partial charge in [0.15, 0.2) is 0 Å². The zero-order valence-electron chi connectivity index (χ0n) is 6.04. The molecule has 2 heteroatoms. The van der Waals surface area contributed by atoms with Crippen LogP contribution in [0.1, 0.15) is 13.3 Å². The van der Waals surface area contributed by atoms with E-state index in [1.807, 2.05) is 6.08 Å². The van der Waals surface area contributed by atoms with Crippen LogP contribution in [0, 0.1) is 0 Å². The van der Waals surface area contributed by atoms with E-state index in [0.717, 1.165) is 5.57 Å². The summed E-state index contributed by atoms with van der Waals surface area (Å²) in [6.07, 6.45) is 2.94. The van der Waals surface area contributed by atoms with Gasteiger partial charge in [0, 0.05) is 6.42 Å². The lowest BCUT2D eigenvalue weighted by Crippen LogP contribution is -2.36. The molecule has 0 fully saturated rings. The largest absolute Gasteiger partial charge is 0.385 e. The fraction of sp³-hybridized carbons (Fsp3) is 0.500. The second-order valence-electron chi connectivity index (χ2n) is 2.75. The molecule has 56 valence electrons. The molecule has 10 heavy (non-hydrogen) atoms. The summed E-state index contributed by atoms with van der Waals surface area (Å²) in [6, 6.07) is 0. The van der Waals surface area contributed by atoms with E-state index in [1.54, 1.807) is 6.92 Å². The molecule has 0 bridgehead atoms. The number of rotatable bonds is 1. The van der Waals surface area contributed by atoms with Crippen LogP contribution in [0.3, 0.4) is 0 Å². The molecule has 0 aromatic carbocycles. The van der Waals surface area contributed by atoms with Crippen molar-refractivity contribution in [2.24, 2.45) is 0 Å². The molecule has 0 amide bonds. The van der Waals surface area contributed by atoms with E-state index in [0.29, 0.717) is 6.42 Å². The van der Waals surface area contributed by atoms with Crippen molar-refractivity contribution in [3.63, 3.8) is 0 Å². The van der Waals surface area contributed by atoms with Crippen molar-refractivity contribution in [1.29, 1.82) is 0 Å². The van der Waals surface area contributed by atoms with Crippen molar-refractivity contribution in [3.8, 4) is 0 Å². The van der Waals surface area contributed by atoms with Crippen LogP contribution in [0.5, 0.6) is 0 Å². The molecule has 0 heterocycles. The van der Waals surface area contributed by atoms with Crippen LogP contribution in [0.2, 0.25) is 0 Å². The predicted molar refractivity (Wildman–Crippen MR) is 39.5 cm³/mol. The zero-order valence-corrected chi connectivity index (χ0v) is 6.04. The van der Waals surface area contributed by atoms with Crippen LogP contribution >= 0.6 is 0 Å². The molecule has 1 aliphatic carbocycles. The SMILES string of the molecule is C=C[C@]1(O)CC=C(C)[C@H]1O. The maximum atomic E-state index is 9.52. The minimum atomic E-state index is -1.11. The van der Waals surface area contributed by atoms with Gasteiger partial charge in [-0.15, -0.1) is 6.58 Å². The highest BCUT2D eigenvalue weighted by Crippen LogP contribution is 2.29. The third-order valence-electron chi connectivity index (χ3n) is 2.01. The fourth-order valence-corrected chi connectivity index (χ4v) is 1.14. The van der Waals surface area contributed by atoms with Gasteiger partial charge in [-0.2, -0.15) is 0 Å². The summed E-state index contributed by atoms with van der Waals surface area (Å²) in [5.74, 6) is 0. The Balaban J connectivity index is 2.81. The zero-order chi connectivity index (χ0) is 7.78. The van der Waals surface area contributed by atoms with E-state index in [2.05, 4.69) is 6.58 Å². The van der Waals surface area contributed by atoms with Gasteiger partial charge in [-0.25, -0.2) is 0 Å². The van der Waals surface area contributed by atoms with Gasteiger partial charge < -0.3 is 10.2 Å². The van der Waals surface area contributed by atoms with Crippen LogP contribution in [-0.2, 0) is 0 Å². The molecule has 0 unspecified atom stereocenters. The van der Waals surface area contributed by atoms with Crippen molar-refractivity contribution < 1.29 is 10.2 Å². The van der Waals surface area contributed by atoms with E-state index in [4.69, 9.17) is 0 Å². The Kier molecular flexibility index (Phi) is 1.67. The first kappa shape index (κ1) is 7.51. The average molecular weight is 140 g/mol. The summed E-state index contributed by atoms with van der Waals surface area (Å²) in [6.45, 7) is 5.25. The highest BCUT2D eigenvalue weighted by molar-refractivity contribution is 5.25. The molecular weight excluding hydrogens is 128 g/mol. The molecule has 2 nitrogen and oxygen atoms in total. The van der Waals surface area contributed by atoms with E-state index in [1.165, 1.54) is 6.08 Å². The lowest BCUT2D eigenvalue weighted by molar-refractivity contribution is -0.00605. The minimum absolute atomic E-state index is 0.476. The highest BCUT2D eigenvalue weighted by atomic mass is 16.3. The molecule has 2 N–H and O–H groups in total. The Labute approximate surface area is 60.5 Å². The number of aliphatic hydroxyl groups is 2. The first-order valence-electron chi connectivity index (χ1n) is 3.31. The molecule has 1 rings (SSSR count). The normalized spacial score (nSPS) is 39.5. The molecule has 0 saturated heterocycles. The summed E-state index contributed by atoms with van der Waals surface area (Å²) in [5, 5.41) is 18.8. The summed E-state index contributed by atoms with van der Waals surface area (Å²) in [7, 11) is 0. The van der Waals surface area contributed by atoms with Crippen LogP contribution in [0.15, 0.2) is 24.3 Å². The molecule has 0 radical (unpaired) electrons. The number of aliphatic hydroxyl groups excluding tert-OH is 1. The van der Waals surface area contributed by atoms with Crippen molar-refractivity contribution >= 4 is 0 Å². The first-order chi connectivity index (χ1) is 4.60. The van der Waals surface area contributed by atoms with E-state index in [9.17, 15) is 10.2 Å². The third-order valence-corrected chi connectivity index (χ3v) is 2.01. The Bertz CT molecular complexity index is 184. The van der Waals surface area contributed by atoms with Gasteiger partial charge >= 0.3 is 0 Å². The molecule has 2 atom stereocenters. The lowest BCUT2D eigenvalue weighted by atomic mass is 9.97. The highest BCUT2D eigenvalue weighted by Gasteiger charge is 2.36. The van der Waals surface area contributed by atoms with Crippen molar-refractivity contribution in [2.75, 3.05) is 0 Å². The van der Waals surface area contributed by atoms with E-state index < -0.39 is 11.7 Å². The third kappa shape index (κ3) is 0.895. The van der Waals surface area contributed by atoms with E-state index in [-0.39, 0.29) is 0 Å². The van der Waals surface area contributed by atoms with Gasteiger partial charge in [-0.05, 0) is 12.5 Å². The summed E-state index contributed by atoms with van der Waals surface area (Å²) >= 11 is 0.